The molecule has 4 nitrogen and oxygen atoms in total. The van der Waals surface area contributed by atoms with Crippen LogP contribution in [-0.4, -0.2) is 47.8 Å². The van der Waals surface area contributed by atoms with Gasteiger partial charge < -0.3 is 14.2 Å². The van der Waals surface area contributed by atoms with Gasteiger partial charge in [-0.05, 0) is 44.6 Å². The van der Waals surface area contributed by atoms with Crippen molar-refractivity contribution < 1.29 is 4.74 Å². The van der Waals surface area contributed by atoms with E-state index in [2.05, 4.69) is 20.6 Å². The molecule has 20 heavy (non-hydrogen) atoms. The predicted molar refractivity (Wildman–Crippen MR) is 79.9 cm³/mol. The molecule has 0 aromatic carbocycles. The van der Waals surface area contributed by atoms with Crippen LogP contribution >= 0.6 is 0 Å². The Morgan fingerprint density at radius 1 is 1.35 bits per heavy atom. The number of hydrogen-bond acceptors (Lipinski definition) is 3. The van der Waals surface area contributed by atoms with Crippen LogP contribution in [0.3, 0.4) is 0 Å². The molecule has 1 aliphatic heterocycles. The molecule has 1 aliphatic carbocycles. The van der Waals surface area contributed by atoms with Crippen molar-refractivity contribution in [2.75, 3.05) is 33.4 Å². The van der Waals surface area contributed by atoms with Crippen molar-refractivity contribution in [2.45, 2.75) is 44.6 Å². The molecule has 0 radical (unpaired) electrons. The summed E-state index contributed by atoms with van der Waals surface area (Å²) in [6, 6.07) is 0. The molecular weight excluding hydrogens is 250 g/mol. The Morgan fingerprint density at radius 2 is 2.25 bits per heavy atom. The number of rotatable bonds is 7. The van der Waals surface area contributed by atoms with Gasteiger partial charge in [-0.1, -0.05) is 0 Å². The summed E-state index contributed by atoms with van der Waals surface area (Å²) in [7, 11) is 1.79. The van der Waals surface area contributed by atoms with Gasteiger partial charge in [0.2, 0.25) is 0 Å². The number of aromatic nitrogens is 2. The minimum absolute atomic E-state index is 0.625. The van der Waals surface area contributed by atoms with Gasteiger partial charge in [0, 0.05) is 51.7 Å². The molecule has 2 fully saturated rings. The van der Waals surface area contributed by atoms with Crippen LogP contribution in [0.15, 0.2) is 12.4 Å². The maximum Gasteiger partial charge on any atom is 0.113 e. The Labute approximate surface area is 122 Å². The molecule has 0 N–H and O–H groups in total. The number of nitrogens with zero attached hydrogens (tertiary/aromatic N) is 3. The highest BCUT2D eigenvalue weighted by atomic mass is 16.5. The van der Waals surface area contributed by atoms with Crippen LogP contribution in [0.5, 0.6) is 0 Å². The Morgan fingerprint density at radius 3 is 3.05 bits per heavy atom. The van der Waals surface area contributed by atoms with Gasteiger partial charge in [0.1, 0.15) is 5.82 Å². The number of likely N-dealkylation sites (tertiary alicyclic amines) is 1. The lowest BCUT2D eigenvalue weighted by atomic mass is 9.97. The van der Waals surface area contributed by atoms with Crippen LogP contribution in [0.2, 0.25) is 0 Å². The molecule has 2 heterocycles. The second kappa shape index (κ2) is 6.72. The molecule has 1 aromatic rings. The zero-order valence-corrected chi connectivity index (χ0v) is 12.6. The van der Waals surface area contributed by atoms with Crippen LogP contribution in [0, 0.1) is 5.92 Å². The summed E-state index contributed by atoms with van der Waals surface area (Å²) >= 11 is 0. The van der Waals surface area contributed by atoms with Gasteiger partial charge in [-0.2, -0.15) is 0 Å². The van der Waals surface area contributed by atoms with E-state index < -0.39 is 0 Å². The molecule has 4 heteroatoms. The Bertz CT molecular complexity index is 414. The van der Waals surface area contributed by atoms with Crippen molar-refractivity contribution in [2.24, 2.45) is 5.92 Å². The van der Waals surface area contributed by atoms with Crippen molar-refractivity contribution in [3.63, 3.8) is 0 Å². The Balaban J connectivity index is 1.56. The summed E-state index contributed by atoms with van der Waals surface area (Å²) in [6.45, 7) is 5.63. The van der Waals surface area contributed by atoms with Gasteiger partial charge in [0.05, 0.1) is 0 Å². The smallest absolute Gasteiger partial charge is 0.113 e. The summed E-state index contributed by atoms with van der Waals surface area (Å²) in [5.74, 6) is 2.87. The number of piperidine rings is 1. The molecular formula is C16H27N3O. The first-order valence-corrected chi connectivity index (χ1v) is 8.09. The second-order valence-electron chi connectivity index (χ2n) is 6.37. The molecule has 0 unspecified atom stereocenters. The third-order valence-electron chi connectivity index (χ3n) is 4.59. The van der Waals surface area contributed by atoms with Crippen molar-refractivity contribution in [1.29, 1.82) is 0 Å². The maximum absolute atomic E-state index is 5.16. The summed E-state index contributed by atoms with van der Waals surface area (Å²) in [5, 5.41) is 0. The molecule has 0 spiro atoms. The minimum atomic E-state index is 0.625. The normalized spacial score (nSPS) is 24.1. The van der Waals surface area contributed by atoms with Crippen molar-refractivity contribution in [3.8, 4) is 0 Å². The largest absolute Gasteiger partial charge is 0.385 e. The average molecular weight is 277 g/mol. The first-order chi connectivity index (χ1) is 9.86. The zero-order chi connectivity index (χ0) is 13.8. The summed E-state index contributed by atoms with van der Waals surface area (Å²) < 4.78 is 7.58. The van der Waals surface area contributed by atoms with Crippen LogP contribution in [-0.2, 0) is 11.3 Å². The molecule has 1 atom stereocenters. The van der Waals surface area contributed by atoms with E-state index in [1.807, 2.05) is 6.20 Å². The first-order valence-electron chi connectivity index (χ1n) is 8.09. The van der Waals surface area contributed by atoms with Crippen LogP contribution in [0.4, 0.5) is 0 Å². The molecule has 2 aliphatic rings. The first kappa shape index (κ1) is 14.1. The summed E-state index contributed by atoms with van der Waals surface area (Å²) in [5.41, 5.74) is 0. The number of imidazole rings is 1. The van der Waals surface area contributed by atoms with E-state index in [9.17, 15) is 0 Å². The molecule has 1 saturated carbocycles. The molecule has 1 saturated heterocycles. The van der Waals surface area contributed by atoms with E-state index in [4.69, 9.17) is 4.74 Å². The van der Waals surface area contributed by atoms with Gasteiger partial charge >= 0.3 is 0 Å². The lowest BCUT2D eigenvalue weighted by molar-refractivity contribution is 0.153. The van der Waals surface area contributed by atoms with Crippen molar-refractivity contribution in [1.82, 2.24) is 14.5 Å². The quantitative estimate of drug-likeness (QED) is 0.717. The minimum Gasteiger partial charge on any atom is -0.385 e. The predicted octanol–water partition coefficient (Wildman–Crippen LogP) is 2.51. The fourth-order valence-electron chi connectivity index (χ4n) is 3.32. The molecule has 0 amide bonds. The molecule has 3 rings (SSSR count). The highest BCUT2D eigenvalue weighted by Crippen LogP contribution is 2.33. The van der Waals surface area contributed by atoms with E-state index >= 15 is 0 Å². The van der Waals surface area contributed by atoms with E-state index in [0.717, 1.165) is 25.5 Å². The lowest BCUT2D eigenvalue weighted by Crippen LogP contribution is -2.36. The van der Waals surface area contributed by atoms with Gasteiger partial charge in [-0.3, -0.25) is 0 Å². The highest BCUT2D eigenvalue weighted by molar-refractivity contribution is 5.04. The molecule has 0 bridgehead atoms. The Kier molecular flexibility index (Phi) is 4.73. The third kappa shape index (κ3) is 3.61. The SMILES string of the molecule is COCCCN1CCC[C@@H](c2nccn2CC2CC2)C1. The zero-order valence-electron chi connectivity index (χ0n) is 12.6. The van der Waals surface area contributed by atoms with Crippen LogP contribution < -0.4 is 0 Å². The fourth-order valence-corrected chi connectivity index (χ4v) is 3.32. The maximum atomic E-state index is 5.16. The van der Waals surface area contributed by atoms with Crippen molar-refractivity contribution in [3.05, 3.63) is 18.2 Å². The fraction of sp³-hybridized carbons (Fsp3) is 0.812. The topological polar surface area (TPSA) is 30.3 Å². The highest BCUT2D eigenvalue weighted by Gasteiger charge is 2.27. The third-order valence-corrected chi connectivity index (χ3v) is 4.59. The van der Waals surface area contributed by atoms with Crippen LogP contribution in [0.25, 0.3) is 0 Å². The summed E-state index contributed by atoms with van der Waals surface area (Å²) in [6.07, 6.45) is 10.7. The van der Waals surface area contributed by atoms with Gasteiger partial charge in [-0.25, -0.2) is 4.98 Å². The molecule has 112 valence electrons. The van der Waals surface area contributed by atoms with Gasteiger partial charge in [0.25, 0.3) is 0 Å². The average Bonchev–Trinajstić information content (AvgIpc) is 3.15. The van der Waals surface area contributed by atoms with Gasteiger partial charge in [-0.15, -0.1) is 0 Å². The van der Waals surface area contributed by atoms with E-state index in [0.29, 0.717) is 5.92 Å². The lowest BCUT2D eigenvalue weighted by Gasteiger charge is -2.32. The monoisotopic (exact) mass is 277 g/mol. The number of methoxy groups -OCH3 is 1. The second-order valence-corrected chi connectivity index (χ2v) is 6.37. The summed E-state index contributed by atoms with van der Waals surface area (Å²) in [4.78, 5) is 7.25. The molecule has 1 aromatic heterocycles. The van der Waals surface area contributed by atoms with Crippen molar-refractivity contribution >= 4 is 0 Å². The van der Waals surface area contributed by atoms with E-state index in [-0.39, 0.29) is 0 Å². The van der Waals surface area contributed by atoms with E-state index in [1.165, 1.54) is 51.1 Å². The van der Waals surface area contributed by atoms with Gasteiger partial charge in [0.15, 0.2) is 0 Å². The Hall–Kier alpha value is -0.870. The number of hydrogen-bond donors (Lipinski definition) is 0. The van der Waals surface area contributed by atoms with E-state index in [1.54, 1.807) is 7.11 Å². The van der Waals surface area contributed by atoms with Crippen LogP contribution in [0.1, 0.15) is 43.8 Å². The number of ether oxygens (including phenoxy) is 1. The standard InChI is InChI=1S/C16H27N3O/c1-20-11-3-9-18-8-2-4-15(13-18)16-17-7-10-19(16)12-14-5-6-14/h7,10,14-15H,2-6,8-9,11-13H2,1H3/t15-/m1/s1.